The minimum Gasteiger partial charge on any atom is -0.378 e. The second-order valence-electron chi connectivity index (χ2n) is 4.68. The lowest BCUT2D eigenvalue weighted by molar-refractivity contribution is 0.101. The van der Waals surface area contributed by atoms with E-state index < -0.39 is 0 Å². The first-order chi connectivity index (χ1) is 8.81. The monoisotopic (exact) mass is 269 g/mol. The minimum atomic E-state index is 0.0851. The molecule has 2 heterocycles. The normalized spacial score (nSPS) is 21.1. The predicted octanol–water partition coefficient (Wildman–Crippen LogP) is 2.59. The first-order valence-corrected chi connectivity index (χ1v) is 6.86. The molecule has 1 aromatic rings. The maximum absolute atomic E-state index is 6.12. The molecule has 1 aromatic heterocycles. The molecule has 1 saturated heterocycles. The van der Waals surface area contributed by atoms with Crippen LogP contribution in [0.4, 0.5) is 0 Å². The Balaban J connectivity index is 1.83. The summed E-state index contributed by atoms with van der Waals surface area (Å²) in [4.78, 5) is 3.98. The second-order valence-corrected chi connectivity index (χ2v) is 5.09. The van der Waals surface area contributed by atoms with Crippen molar-refractivity contribution in [2.45, 2.75) is 44.2 Å². The maximum Gasteiger partial charge on any atom is 0.0637 e. The van der Waals surface area contributed by atoms with Gasteiger partial charge >= 0.3 is 0 Å². The van der Waals surface area contributed by atoms with E-state index in [1.54, 1.807) is 12.4 Å². The Morgan fingerprint density at radius 2 is 2.50 bits per heavy atom. The summed E-state index contributed by atoms with van der Waals surface area (Å²) >= 11 is 6.12. The number of nitrogens with one attached hydrogen (secondary N) is 1. The van der Waals surface area contributed by atoms with Gasteiger partial charge in [0, 0.05) is 25.0 Å². The van der Waals surface area contributed by atoms with Crippen LogP contribution in [0.5, 0.6) is 0 Å². The Kier molecular flexibility index (Phi) is 5.38. The molecule has 0 radical (unpaired) electrons. The molecule has 4 nitrogen and oxygen atoms in total. The first kappa shape index (κ1) is 13.7. The van der Waals surface area contributed by atoms with E-state index in [0.717, 1.165) is 31.4 Å². The molecule has 3 N–H and O–H groups in total. The fourth-order valence-corrected chi connectivity index (χ4v) is 2.67. The summed E-state index contributed by atoms with van der Waals surface area (Å²) in [5.74, 6) is 5.61. The smallest absolute Gasteiger partial charge is 0.0637 e. The van der Waals surface area contributed by atoms with E-state index in [1.165, 1.54) is 12.8 Å². The van der Waals surface area contributed by atoms with Crippen LogP contribution in [0, 0.1) is 0 Å². The Hall–Kier alpha value is -0.680. The highest BCUT2D eigenvalue weighted by atomic mass is 35.5. The number of hydrogen-bond donors (Lipinski definition) is 2. The summed E-state index contributed by atoms with van der Waals surface area (Å²) in [6.07, 6.45) is 9.36. The highest BCUT2D eigenvalue weighted by Gasteiger charge is 2.17. The van der Waals surface area contributed by atoms with Crippen molar-refractivity contribution in [2.24, 2.45) is 5.84 Å². The zero-order valence-corrected chi connectivity index (χ0v) is 11.2. The molecular formula is C13H20ClN3O. The van der Waals surface area contributed by atoms with E-state index in [0.29, 0.717) is 11.1 Å². The molecule has 2 rings (SSSR count). The van der Waals surface area contributed by atoms with Gasteiger partial charge in [0.15, 0.2) is 0 Å². The van der Waals surface area contributed by atoms with E-state index in [9.17, 15) is 0 Å². The fourth-order valence-electron chi connectivity index (χ4n) is 2.42. The number of nitrogens with zero attached hydrogens (tertiary/aromatic N) is 1. The predicted molar refractivity (Wildman–Crippen MR) is 72.1 cm³/mol. The van der Waals surface area contributed by atoms with Gasteiger partial charge in [-0.05, 0) is 43.7 Å². The molecule has 5 heteroatoms. The third-order valence-corrected chi connectivity index (χ3v) is 3.74. The van der Waals surface area contributed by atoms with E-state index in [2.05, 4.69) is 10.4 Å². The van der Waals surface area contributed by atoms with Crippen molar-refractivity contribution in [3.05, 3.63) is 29.0 Å². The van der Waals surface area contributed by atoms with Gasteiger partial charge in [-0.1, -0.05) is 11.6 Å². The second kappa shape index (κ2) is 7.04. The summed E-state index contributed by atoms with van der Waals surface area (Å²) in [5.41, 5.74) is 3.85. The van der Waals surface area contributed by atoms with Crippen molar-refractivity contribution in [3.63, 3.8) is 0 Å². The lowest BCUT2D eigenvalue weighted by atomic mass is 10.0. The van der Waals surface area contributed by atoms with Gasteiger partial charge in [0.1, 0.15) is 0 Å². The van der Waals surface area contributed by atoms with Gasteiger partial charge < -0.3 is 4.74 Å². The van der Waals surface area contributed by atoms with Crippen molar-refractivity contribution in [3.8, 4) is 0 Å². The topological polar surface area (TPSA) is 60.2 Å². The summed E-state index contributed by atoms with van der Waals surface area (Å²) in [7, 11) is 0. The van der Waals surface area contributed by atoms with Crippen LogP contribution in [0.15, 0.2) is 18.5 Å². The molecule has 18 heavy (non-hydrogen) atoms. The standard InChI is InChI=1S/C13H20ClN3O/c14-12-9-16-7-6-11(12)13(17-15)5-1-3-10-4-2-8-18-10/h6-7,9-10,13,17H,1-5,8,15H2. The summed E-state index contributed by atoms with van der Waals surface area (Å²) in [6, 6.07) is 2.00. The summed E-state index contributed by atoms with van der Waals surface area (Å²) in [5, 5.41) is 0.664. The number of aromatic nitrogens is 1. The molecule has 0 aromatic carbocycles. The Morgan fingerprint density at radius 3 is 3.17 bits per heavy atom. The number of hydrogen-bond acceptors (Lipinski definition) is 4. The molecule has 1 aliphatic rings. The van der Waals surface area contributed by atoms with Crippen molar-refractivity contribution in [1.82, 2.24) is 10.4 Å². The minimum absolute atomic E-state index is 0.0851. The highest BCUT2D eigenvalue weighted by molar-refractivity contribution is 6.31. The molecule has 0 saturated carbocycles. The van der Waals surface area contributed by atoms with Crippen molar-refractivity contribution in [2.75, 3.05) is 6.61 Å². The lowest BCUT2D eigenvalue weighted by Crippen LogP contribution is -2.28. The van der Waals surface area contributed by atoms with Crippen LogP contribution in [-0.4, -0.2) is 17.7 Å². The van der Waals surface area contributed by atoms with Gasteiger partial charge in [0.05, 0.1) is 11.1 Å². The molecule has 1 aliphatic heterocycles. The molecule has 0 aliphatic carbocycles. The highest BCUT2D eigenvalue weighted by Crippen LogP contribution is 2.26. The largest absolute Gasteiger partial charge is 0.378 e. The number of nitrogens with two attached hydrogens (primary N) is 1. The summed E-state index contributed by atoms with van der Waals surface area (Å²) < 4.78 is 5.61. The van der Waals surface area contributed by atoms with Crippen LogP contribution in [0.2, 0.25) is 5.02 Å². The van der Waals surface area contributed by atoms with Gasteiger partial charge in [-0.3, -0.25) is 16.3 Å². The molecule has 0 spiro atoms. The molecule has 2 atom stereocenters. The lowest BCUT2D eigenvalue weighted by Gasteiger charge is -2.18. The van der Waals surface area contributed by atoms with Crippen LogP contribution < -0.4 is 11.3 Å². The number of hydrazine groups is 1. The molecular weight excluding hydrogens is 250 g/mol. The van der Waals surface area contributed by atoms with E-state index >= 15 is 0 Å². The van der Waals surface area contributed by atoms with Crippen LogP contribution in [0.25, 0.3) is 0 Å². The zero-order valence-electron chi connectivity index (χ0n) is 10.4. The van der Waals surface area contributed by atoms with Crippen LogP contribution >= 0.6 is 11.6 Å². The third kappa shape index (κ3) is 3.65. The van der Waals surface area contributed by atoms with Gasteiger partial charge in [-0.15, -0.1) is 0 Å². The summed E-state index contributed by atoms with van der Waals surface area (Å²) in [6.45, 7) is 0.916. The van der Waals surface area contributed by atoms with Crippen molar-refractivity contribution >= 4 is 11.6 Å². The van der Waals surface area contributed by atoms with E-state index in [1.807, 2.05) is 6.07 Å². The third-order valence-electron chi connectivity index (χ3n) is 3.42. The Morgan fingerprint density at radius 1 is 1.61 bits per heavy atom. The molecule has 0 amide bonds. The SMILES string of the molecule is NNC(CCCC1CCCO1)c1ccncc1Cl. The number of rotatable bonds is 6. The van der Waals surface area contributed by atoms with Crippen molar-refractivity contribution in [1.29, 1.82) is 0 Å². The van der Waals surface area contributed by atoms with Crippen molar-refractivity contribution < 1.29 is 4.74 Å². The van der Waals surface area contributed by atoms with Crippen LogP contribution in [0.3, 0.4) is 0 Å². The van der Waals surface area contributed by atoms with E-state index in [4.69, 9.17) is 22.2 Å². The van der Waals surface area contributed by atoms with Crippen LogP contribution in [0.1, 0.15) is 43.7 Å². The molecule has 1 fully saturated rings. The van der Waals surface area contributed by atoms with Gasteiger partial charge in [-0.2, -0.15) is 0 Å². The quantitative estimate of drug-likeness (QED) is 0.616. The number of halogens is 1. The van der Waals surface area contributed by atoms with Gasteiger partial charge in [0.2, 0.25) is 0 Å². The first-order valence-electron chi connectivity index (χ1n) is 6.48. The van der Waals surface area contributed by atoms with Crippen LogP contribution in [-0.2, 0) is 4.74 Å². The average Bonchev–Trinajstić information content (AvgIpc) is 2.89. The number of ether oxygens (including phenoxy) is 1. The zero-order chi connectivity index (χ0) is 12.8. The molecule has 2 unspecified atom stereocenters. The van der Waals surface area contributed by atoms with Gasteiger partial charge in [0.25, 0.3) is 0 Å². The average molecular weight is 270 g/mol. The fraction of sp³-hybridized carbons (Fsp3) is 0.615. The van der Waals surface area contributed by atoms with Gasteiger partial charge in [-0.25, -0.2) is 0 Å². The maximum atomic E-state index is 6.12. The number of pyridine rings is 1. The Bertz CT molecular complexity index is 369. The molecule has 100 valence electrons. The Labute approximate surface area is 113 Å². The molecule has 0 bridgehead atoms. The van der Waals surface area contributed by atoms with E-state index in [-0.39, 0.29) is 6.04 Å².